The Morgan fingerprint density at radius 2 is 1.70 bits per heavy atom. The van der Waals surface area contributed by atoms with Crippen LogP contribution in [0.25, 0.3) is 0 Å². The van der Waals surface area contributed by atoms with E-state index in [0.717, 1.165) is 23.7 Å². The van der Waals surface area contributed by atoms with Crippen LogP contribution in [0.4, 0.5) is 17.5 Å². The van der Waals surface area contributed by atoms with Gasteiger partial charge < -0.3 is 10.6 Å². The molecule has 0 fully saturated rings. The summed E-state index contributed by atoms with van der Waals surface area (Å²) in [6, 6.07) is 10.4. The number of aromatic nitrogens is 2. The molecule has 0 bridgehead atoms. The van der Waals surface area contributed by atoms with Crippen LogP contribution in [0.5, 0.6) is 0 Å². The van der Waals surface area contributed by atoms with E-state index in [9.17, 15) is 0 Å². The lowest BCUT2D eigenvalue weighted by Gasteiger charge is -2.19. The van der Waals surface area contributed by atoms with Crippen molar-refractivity contribution in [1.29, 1.82) is 0 Å². The quantitative estimate of drug-likeness (QED) is 0.825. The molecule has 0 atom stereocenters. The fraction of sp³-hybridized carbons (Fsp3) is 0.474. The summed E-state index contributed by atoms with van der Waals surface area (Å²) in [5.41, 5.74) is 3.41. The molecule has 2 rings (SSSR count). The number of anilines is 3. The molecule has 0 saturated carbocycles. The molecule has 0 saturated heterocycles. The normalized spacial score (nSPS) is 11.6. The van der Waals surface area contributed by atoms with Crippen molar-refractivity contribution in [2.75, 3.05) is 17.2 Å². The van der Waals surface area contributed by atoms with Gasteiger partial charge in [0.1, 0.15) is 5.82 Å². The summed E-state index contributed by atoms with van der Waals surface area (Å²) in [6.07, 6.45) is 0. The van der Waals surface area contributed by atoms with Crippen molar-refractivity contribution in [3.8, 4) is 0 Å². The van der Waals surface area contributed by atoms with Crippen molar-refractivity contribution in [2.24, 2.45) is 5.92 Å². The summed E-state index contributed by atoms with van der Waals surface area (Å²) in [5, 5.41) is 6.64. The van der Waals surface area contributed by atoms with Gasteiger partial charge in [-0.05, 0) is 36.0 Å². The van der Waals surface area contributed by atoms with Gasteiger partial charge in [0.15, 0.2) is 0 Å². The van der Waals surface area contributed by atoms with E-state index in [-0.39, 0.29) is 5.41 Å². The van der Waals surface area contributed by atoms with E-state index in [1.165, 1.54) is 5.56 Å². The van der Waals surface area contributed by atoms with Gasteiger partial charge in [0.05, 0.1) is 0 Å². The number of aryl methyl sites for hydroxylation is 1. The molecule has 0 aliphatic carbocycles. The summed E-state index contributed by atoms with van der Waals surface area (Å²) >= 11 is 0. The van der Waals surface area contributed by atoms with Gasteiger partial charge in [0.2, 0.25) is 5.95 Å². The van der Waals surface area contributed by atoms with Crippen LogP contribution >= 0.6 is 0 Å². The SMILES string of the molecule is Cc1cc(NCC(C)C)nc(Nc2ccc(C(C)(C)C)cc2)n1. The lowest BCUT2D eigenvalue weighted by atomic mass is 9.87. The predicted molar refractivity (Wildman–Crippen MR) is 98.5 cm³/mol. The van der Waals surface area contributed by atoms with E-state index >= 15 is 0 Å². The first-order valence-electron chi connectivity index (χ1n) is 8.21. The third-order valence-electron chi connectivity index (χ3n) is 3.55. The van der Waals surface area contributed by atoms with Crippen LogP contribution in [-0.2, 0) is 5.41 Å². The maximum atomic E-state index is 4.54. The molecule has 1 aromatic carbocycles. The highest BCUT2D eigenvalue weighted by Crippen LogP contribution is 2.24. The van der Waals surface area contributed by atoms with Gasteiger partial charge >= 0.3 is 0 Å². The number of rotatable bonds is 5. The highest BCUT2D eigenvalue weighted by Gasteiger charge is 2.13. The number of hydrogen-bond acceptors (Lipinski definition) is 4. The average molecular weight is 312 g/mol. The second kappa shape index (κ2) is 6.99. The Morgan fingerprint density at radius 3 is 2.26 bits per heavy atom. The number of benzene rings is 1. The fourth-order valence-electron chi connectivity index (χ4n) is 2.21. The van der Waals surface area contributed by atoms with E-state index in [0.29, 0.717) is 11.9 Å². The first-order valence-corrected chi connectivity index (χ1v) is 8.21. The van der Waals surface area contributed by atoms with Crippen molar-refractivity contribution in [3.05, 3.63) is 41.6 Å². The highest BCUT2D eigenvalue weighted by molar-refractivity contribution is 5.56. The predicted octanol–water partition coefficient (Wildman–Crippen LogP) is 4.89. The standard InChI is InChI=1S/C19H28N4/c1-13(2)12-20-17-11-14(3)21-18(23-17)22-16-9-7-15(8-10-16)19(4,5)6/h7-11,13H,12H2,1-6H3,(H2,20,21,22,23). The zero-order valence-electron chi connectivity index (χ0n) is 15.1. The molecule has 4 heteroatoms. The Balaban J connectivity index is 2.13. The van der Waals surface area contributed by atoms with Gasteiger partial charge in [0, 0.05) is 24.0 Å². The van der Waals surface area contributed by atoms with Crippen molar-refractivity contribution >= 4 is 17.5 Å². The fourth-order valence-corrected chi connectivity index (χ4v) is 2.21. The molecular formula is C19H28N4. The molecular weight excluding hydrogens is 284 g/mol. The van der Waals surface area contributed by atoms with Gasteiger partial charge in [-0.2, -0.15) is 4.98 Å². The molecule has 23 heavy (non-hydrogen) atoms. The zero-order valence-corrected chi connectivity index (χ0v) is 15.1. The summed E-state index contributed by atoms with van der Waals surface area (Å²) in [7, 11) is 0. The molecule has 124 valence electrons. The van der Waals surface area contributed by atoms with Crippen LogP contribution in [0.15, 0.2) is 30.3 Å². The van der Waals surface area contributed by atoms with Gasteiger partial charge in [0.25, 0.3) is 0 Å². The number of nitrogens with zero attached hydrogens (tertiary/aromatic N) is 2. The zero-order chi connectivity index (χ0) is 17.0. The average Bonchev–Trinajstić information content (AvgIpc) is 2.44. The van der Waals surface area contributed by atoms with Gasteiger partial charge in [-0.3, -0.25) is 0 Å². The highest BCUT2D eigenvalue weighted by atomic mass is 15.1. The molecule has 0 unspecified atom stereocenters. The third-order valence-corrected chi connectivity index (χ3v) is 3.55. The molecule has 2 aromatic rings. The Bertz CT molecular complexity index is 639. The van der Waals surface area contributed by atoms with Crippen LogP contribution in [0.1, 0.15) is 45.9 Å². The molecule has 0 aliphatic rings. The van der Waals surface area contributed by atoms with E-state index in [2.05, 4.69) is 79.5 Å². The van der Waals surface area contributed by atoms with Crippen molar-refractivity contribution in [2.45, 2.75) is 47.0 Å². The maximum Gasteiger partial charge on any atom is 0.229 e. The Morgan fingerprint density at radius 1 is 1.04 bits per heavy atom. The first-order chi connectivity index (χ1) is 10.7. The summed E-state index contributed by atoms with van der Waals surface area (Å²) in [4.78, 5) is 9.00. The van der Waals surface area contributed by atoms with Crippen molar-refractivity contribution in [3.63, 3.8) is 0 Å². The second-order valence-corrected chi connectivity index (χ2v) is 7.45. The Hall–Kier alpha value is -2.10. The Labute approximate surface area is 139 Å². The maximum absolute atomic E-state index is 4.54. The summed E-state index contributed by atoms with van der Waals surface area (Å²) in [5.74, 6) is 2.06. The molecule has 4 nitrogen and oxygen atoms in total. The minimum absolute atomic E-state index is 0.159. The van der Waals surface area contributed by atoms with Crippen LogP contribution in [0.3, 0.4) is 0 Å². The molecule has 0 radical (unpaired) electrons. The monoisotopic (exact) mass is 312 g/mol. The van der Waals surface area contributed by atoms with Crippen LogP contribution in [-0.4, -0.2) is 16.5 Å². The number of nitrogens with one attached hydrogen (secondary N) is 2. The summed E-state index contributed by atoms with van der Waals surface area (Å²) < 4.78 is 0. The van der Waals surface area contributed by atoms with Crippen LogP contribution in [0.2, 0.25) is 0 Å². The molecule has 0 amide bonds. The largest absolute Gasteiger partial charge is 0.370 e. The number of hydrogen-bond donors (Lipinski definition) is 2. The minimum Gasteiger partial charge on any atom is -0.370 e. The molecule has 1 heterocycles. The molecule has 0 aliphatic heterocycles. The lowest BCUT2D eigenvalue weighted by molar-refractivity contribution is 0.590. The van der Waals surface area contributed by atoms with Gasteiger partial charge in [-0.1, -0.05) is 46.8 Å². The van der Waals surface area contributed by atoms with E-state index in [1.54, 1.807) is 0 Å². The van der Waals surface area contributed by atoms with E-state index in [1.807, 2.05) is 13.0 Å². The molecule has 0 spiro atoms. The van der Waals surface area contributed by atoms with Gasteiger partial charge in [-0.25, -0.2) is 4.98 Å². The minimum atomic E-state index is 0.159. The summed E-state index contributed by atoms with van der Waals surface area (Å²) in [6.45, 7) is 13.9. The smallest absolute Gasteiger partial charge is 0.229 e. The van der Waals surface area contributed by atoms with E-state index < -0.39 is 0 Å². The van der Waals surface area contributed by atoms with Crippen molar-refractivity contribution < 1.29 is 0 Å². The molecule has 1 aromatic heterocycles. The lowest BCUT2D eigenvalue weighted by Crippen LogP contribution is -2.11. The first kappa shape index (κ1) is 17.3. The van der Waals surface area contributed by atoms with Crippen LogP contribution in [0, 0.1) is 12.8 Å². The molecule has 2 N–H and O–H groups in total. The topological polar surface area (TPSA) is 49.8 Å². The Kier molecular flexibility index (Phi) is 5.24. The van der Waals surface area contributed by atoms with Gasteiger partial charge in [-0.15, -0.1) is 0 Å². The second-order valence-electron chi connectivity index (χ2n) is 7.45. The third kappa shape index (κ3) is 5.23. The van der Waals surface area contributed by atoms with Crippen LogP contribution < -0.4 is 10.6 Å². The van der Waals surface area contributed by atoms with E-state index in [4.69, 9.17) is 0 Å². The van der Waals surface area contributed by atoms with Crippen molar-refractivity contribution in [1.82, 2.24) is 9.97 Å².